The van der Waals surface area contributed by atoms with Crippen LogP contribution in [0.3, 0.4) is 0 Å². The molecule has 3 heterocycles. The lowest BCUT2D eigenvalue weighted by molar-refractivity contribution is 0.0679. The van der Waals surface area contributed by atoms with Crippen molar-refractivity contribution < 1.29 is 14.3 Å². The number of aromatic nitrogens is 1. The Morgan fingerprint density at radius 1 is 1.27 bits per heavy atom. The molecule has 0 aliphatic carbocycles. The van der Waals surface area contributed by atoms with Crippen molar-refractivity contribution in [2.75, 3.05) is 31.6 Å². The van der Waals surface area contributed by atoms with E-state index in [1.54, 1.807) is 12.1 Å². The minimum atomic E-state index is -0.150. The lowest BCUT2D eigenvalue weighted by Gasteiger charge is -2.29. The summed E-state index contributed by atoms with van der Waals surface area (Å²) in [5.41, 5.74) is 1.62. The minimum absolute atomic E-state index is 0. The summed E-state index contributed by atoms with van der Waals surface area (Å²) in [4.78, 5) is 19.5. The van der Waals surface area contributed by atoms with Gasteiger partial charge in [0.15, 0.2) is 5.13 Å². The van der Waals surface area contributed by atoms with Gasteiger partial charge in [-0.1, -0.05) is 6.92 Å². The van der Waals surface area contributed by atoms with E-state index in [0.717, 1.165) is 56.4 Å². The minimum Gasteiger partial charge on any atom is -0.491 e. The SMILES string of the molecule is CC1CCN(Cc2csc(NC(=O)c3ccc(OCC4CCCO4)cc3)n2)CC1.Cl. The maximum absolute atomic E-state index is 12.5. The van der Waals surface area contributed by atoms with E-state index < -0.39 is 0 Å². The molecule has 1 atom stereocenters. The zero-order valence-electron chi connectivity index (χ0n) is 17.3. The van der Waals surface area contributed by atoms with E-state index in [-0.39, 0.29) is 24.4 Å². The number of hydrogen-bond donors (Lipinski definition) is 1. The quantitative estimate of drug-likeness (QED) is 0.666. The van der Waals surface area contributed by atoms with Gasteiger partial charge in [0.2, 0.25) is 0 Å². The number of carbonyl (C=O) groups excluding carboxylic acids is 1. The fraction of sp³-hybridized carbons (Fsp3) is 0.545. The molecule has 2 aliphatic heterocycles. The van der Waals surface area contributed by atoms with Crippen LogP contribution < -0.4 is 10.1 Å². The molecule has 2 saturated heterocycles. The number of nitrogens with one attached hydrogen (secondary N) is 1. The highest BCUT2D eigenvalue weighted by molar-refractivity contribution is 7.13. The topological polar surface area (TPSA) is 63.7 Å². The molecule has 1 unspecified atom stereocenters. The van der Waals surface area contributed by atoms with E-state index in [1.165, 1.54) is 24.2 Å². The molecule has 8 heteroatoms. The first-order valence-electron chi connectivity index (χ1n) is 10.5. The fourth-order valence-corrected chi connectivity index (χ4v) is 4.42. The van der Waals surface area contributed by atoms with Crippen molar-refractivity contribution in [1.82, 2.24) is 9.88 Å². The van der Waals surface area contributed by atoms with E-state index in [9.17, 15) is 4.79 Å². The van der Waals surface area contributed by atoms with Gasteiger partial charge in [0.05, 0.1) is 11.8 Å². The first-order valence-corrected chi connectivity index (χ1v) is 11.4. The Hall–Kier alpha value is -1.67. The normalized spacial score (nSPS) is 20.0. The first-order chi connectivity index (χ1) is 14.2. The highest BCUT2D eigenvalue weighted by Gasteiger charge is 2.18. The molecule has 0 spiro atoms. The number of hydrogen-bond acceptors (Lipinski definition) is 6. The molecule has 30 heavy (non-hydrogen) atoms. The number of thiazole rings is 1. The highest BCUT2D eigenvalue weighted by atomic mass is 35.5. The van der Waals surface area contributed by atoms with Crippen molar-refractivity contribution in [3.63, 3.8) is 0 Å². The molecule has 1 aromatic heterocycles. The zero-order valence-corrected chi connectivity index (χ0v) is 19.0. The van der Waals surface area contributed by atoms with Crippen LogP contribution in [0, 0.1) is 5.92 Å². The Labute approximate surface area is 188 Å². The summed E-state index contributed by atoms with van der Waals surface area (Å²) in [6.07, 6.45) is 4.84. The van der Waals surface area contributed by atoms with Crippen LogP contribution in [0.1, 0.15) is 48.7 Å². The summed E-state index contributed by atoms with van der Waals surface area (Å²) in [7, 11) is 0. The third kappa shape index (κ3) is 6.41. The van der Waals surface area contributed by atoms with E-state index in [4.69, 9.17) is 9.47 Å². The predicted molar refractivity (Wildman–Crippen MR) is 122 cm³/mol. The molecule has 6 nitrogen and oxygen atoms in total. The molecular formula is C22H30ClN3O3S. The van der Waals surface area contributed by atoms with Crippen LogP contribution in [0.4, 0.5) is 5.13 Å². The number of piperidine rings is 1. The molecule has 4 rings (SSSR count). The highest BCUT2D eigenvalue weighted by Crippen LogP contribution is 2.22. The smallest absolute Gasteiger partial charge is 0.257 e. The third-order valence-corrected chi connectivity index (χ3v) is 6.42. The van der Waals surface area contributed by atoms with Crippen molar-refractivity contribution in [1.29, 1.82) is 0 Å². The van der Waals surface area contributed by atoms with Gasteiger partial charge in [-0.25, -0.2) is 4.98 Å². The number of carbonyl (C=O) groups is 1. The zero-order chi connectivity index (χ0) is 20.1. The summed E-state index contributed by atoms with van der Waals surface area (Å²) in [6.45, 7) is 6.81. The molecule has 1 N–H and O–H groups in total. The van der Waals surface area contributed by atoms with Gasteiger partial charge in [-0.3, -0.25) is 15.0 Å². The second kappa shape index (κ2) is 11.1. The number of rotatable bonds is 7. The molecular weight excluding hydrogens is 422 g/mol. The van der Waals surface area contributed by atoms with E-state index in [1.807, 2.05) is 17.5 Å². The average molecular weight is 452 g/mol. The maximum atomic E-state index is 12.5. The predicted octanol–water partition coefficient (Wildman–Crippen LogP) is 4.61. The maximum Gasteiger partial charge on any atom is 0.257 e. The Balaban J connectivity index is 0.00000256. The Morgan fingerprint density at radius 2 is 2.03 bits per heavy atom. The number of likely N-dealkylation sites (tertiary alicyclic amines) is 1. The van der Waals surface area contributed by atoms with Crippen LogP contribution in [-0.2, 0) is 11.3 Å². The van der Waals surface area contributed by atoms with Gasteiger partial charge in [0.25, 0.3) is 5.91 Å². The monoisotopic (exact) mass is 451 g/mol. The third-order valence-electron chi connectivity index (χ3n) is 5.61. The summed E-state index contributed by atoms with van der Waals surface area (Å²) in [6, 6.07) is 7.22. The molecule has 2 fully saturated rings. The van der Waals surface area contributed by atoms with Crippen LogP contribution in [-0.4, -0.2) is 48.2 Å². The molecule has 2 aliphatic rings. The van der Waals surface area contributed by atoms with E-state index in [0.29, 0.717) is 17.3 Å². The van der Waals surface area contributed by atoms with Crippen LogP contribution >= 0.6 is 23.7 Å². The Morgan fingerprint density at radius 3 is 2.73 bits per heavy atom. The lowest BCUT2D eigenvalue weighted by Crippen LogP contribution is -2.32. The second-order valence-corrected chi connectivity index (χ2v) is 8.89. The van der Waals surface area contributed by atoms with E-state index >= 15 is 0 Å². The number of ether oxygens (including phenoxy) is 2. The van der Waals surface area contributed by atoms with Gasteiger partial charge in [-0.05, 0) is 69.0 Å². The number of anilines is 1. The Bertz CT molecular complexity index is 800. The summed E-state index contributed by atoms with van der Waals surface area (Å²) in [5, 5.41) is 5.59. The van der Waals surface area contributed by atoms with E-state index in [2.05, 4.69) is 22.1 Å². The molecule has 2 aromatic rings. The van der Waals surface area contributed by atoms with Crippen LogP contribution in [0.5, 0.6) is 5.75 Å². The summed E-state index contributed by atoms with van der Waals surface area (Å²) in [5.74, 6) is 1.43. The van der Waals surface area contributed by atoms with Gasteiger partial charge in [0.1, 0.15) is 12.4 Å². The van der Waals surface area contributed by atoms with Gasteiger partial charge in [-0.2, -0.15) is 0 Å². The van der Waals surface area contributed by atoms with Crippen molar-refractivity contribution in [3.05, 3.63) is 40.9 Å². The lowest BCUT2D eigenvalue weighted by atomic mass is 9.99. The van der Waals surface area contributed by atoms with Gasteiger partial charge in [0, 0.05) is 24.1 Å². The largest absolute Gasteiger partial charge is 0.491 e. The molecule has 1 aromatic carbocycles. The van der Waals surface area contributed by atoms with Crippen LogP contribution in [0.25, 0.3) is 0 Å². The van der Waals surface area contributed by atoms with Gasteiger partial charge >= 0.3 is 0 Å². The number of benzene rings is 1. The number of halogens is 1. The molecule has 0 saturated carbocycles. The standard InChI is InChI=1S/C22H29N3O3S.ClH/c1-16-8-10-25(11-9-16)13-18-15-29-22(23-18)24-21(26)17-4-6-19(7-5-17)28-14-20-3-2-12-27-20;/h4-7,15-16,20H,2-3,8-14H2,1H3,(H,23,24,26);1H. The molecule has 0 bridgehead atoms. The average Bonchev–Trinajstić information content (AvgIpc) is 3.41. The van der Waals surface area contributed by atoms with Crippen molar-refractivity contribution in [2.24, 2.45) is 5.92 Å². The van der Waals surface area contributed by atoms with Crippen molar-refractivity contribution in [3.8, 4) is 5.75 Å². The van der Waals surface area contributed by atoms with Crippen LogP contribution in [0.2, 0.25) is 0 Å². The molecule has 0 radical (unpaired) electrons. The number of amides is 1. The number of nitrogens with zero attached hydrogens (tertiary/aromatic N) is 2. The summed E-state index contributed by atoms with van der Waals surface area (Å²) < 4.78 is 11.3. The van der Waals surface area contributed by atoms with Crippen LogP contribution in [0.15, 0.2) is 29.6 Å². The van der Waals surface area contributed by atoms with Crippen molar-refractivity contribution >= 4 is 34.8 Å². The molecule has 164 valence electrons. The summed E-state index contributed by atoms with van der Waals surface area (Å²) >= 11 is 1.48. The fourth-order valence-electron chi connectivity index (χ4n) is 3.72. The van der Waals surface area contributed by atoms with Gasteiger partial charge in [-0.15, -0.1) is 23.7 Å². The molecule has 1 amide bonds. The first kappa shape index (κ1) is 23.0. The van der Waals surface area contributed by atoms with Crippen molar-refractivity contribution in [2.45, 2.75) is 45.3 Å². The van der Waals surface area contributed by atoms with Gasteiger partial charge < -0.3 is 9.47 Å². The Kier molecular flexibility index (Phi) is 8.50. The second-order valence-electron chi connectivity index (χ2n) is 8.03.